The molecule has 3 heteroatoms. The average molecular weight is 337 g/mol. The van der Waals surface area contributed by atoms with E-state index in [4.69, 9.17) is 9.47 Å². The molecule has 0 saturated heterocycles. The van der Waals surface area contributed by atoms with E-state index in [0.29, 0.717) is 29.7 Å². The third-order valence-electron chi connectivity index (χ3n) is 4.52. The Balaban J connectivity index is 5.50. The quantitative estimate of drug-likeness (QED) is 0.220. The zero-order valence-electron chi connectivity index (χ0n) is 16.2. The number of hydrogen-bond acceptors (Lipinski definition) is 2. The fraction of sp³-hybridized carbons (Fsp3) is 0.700. The summed E-state index contributed by atoms with van der Waals surface area (Å²) in [6.45, 7) is 24.0. The Bertz CT molecular complexity index is 393. The molecule has 0 aliphatic rings. The van der Waals surface area contributed by atoms with Crippen molar-refractivity contribution in [3.05, 3.63) is 25.3 Å². The first-order chi connectivity index (χ1) is 10.8. The first kappa shape index (κ1) is 22.2. The predicted octanol–water partition coefficient (Wildman–Crippen LogP) is 5.72. The summed E-state index contributed by atoms with van der Waals surface area (Å²) in [6, 6.07) is 0. The second kappa shape index (κ2) is 10.9. The molecular weight excluding hydrogens is 300 g/mol. The summed E-state index contributed by atoms with van der Waals surface area (Å²) in [5.41, 5.74) is 5.55. The van der Waals surface area contributed by atoms with Gasteiger partial charge in [-0.1, -0.05) is 60.1 Å². The molecule has 0 saturated carbocycles. The van der Waals surface area contributed by atoms with Gasteiger partial charge in [0.15, 0.2) is 6.29 Å². The van der Waals surface area contributed by atoms with Gasteiger partial charge in [0.05, 0.1) is 0 Å². The molecule has 1 unspecified atom stereocenters. The van der Waals surface area contributed by atoms with Crippen molar-refractivity contribution in [3.8, 4) is 11.5 Å². The summed E-state index contributed by atoms with van der Waals surface area (Å²) < 4.78 is 11.5. The molecule has 0 aliphatic heterocycles. The maximum absolute atomic E-state index is 5.95. The van der Waals surface area contributed by atoms with E-state index in [0.717, 1.165) is 0 Å². The van der Waals surface area contributed by atoms with E-state index in [1.807, 2.05) is 13.0 Å². The minimum atomic E-state index is -1.74. The van der Waals surface area contributed by atoms with Crippen molar-refractivity contribution in [3.63, 3.8) is 0 Å². The van der Waals surface area contributed by atoms with Gasteiger partial charge in [-0.05, 0) is 29.6 Å². The van der Waals surface area contributed by atoms with Gasteiger partial charge in [0.2, 0.25) is 0 Å². The molecule has 0 N–H and O–H groups in total. The van der Waals surface area contributed by atoms with Crippen molar-refractivity contribution >= 4 is 8.07 Å². The van der Waals surface area contributed by atoms with Crippen molar-refractivity contribution in [1.29, 1.82) is 0 Å². The van der Waals surface area contributed by atoms with E-state index in [2.05, 4.69) is 66.2 Å². The van der Waals surface area contributed by atoms with Crippen molar-refractivity contribution < 1.29 is 9.47 Å². The average Bonchev–Trinajstić information content (AvgIpc) is 2.46. The monoisotopic (exact) mass is 336 g/mol. The zero-order chi connectivity index (χ0) is 18.0. The smallest absolute Gasteiger partial charge is 0.178 e. The first-order valence-corrected chi connectivity index (χ1v) is 11.0. The summed E-state index contributed by atoms with van der Waals surface area (Å²) in [6.07, 6.45) is 3.63. The van der Waals surface area contributed by atoms with Crippen LogP contribution >= 0.6 is 0 Å². The molecule has 0 fully saturated rings. The highest BCUT2D eigenvalue weighted by Crippen LogP contribution is 2.40. The van der Waals surface area contributed by atoms with E-state index in [-0.39, 0.29) is 6.10 Å². The second-order valence-electron chi connectivity index (χ2n) is 6.87. The van der Waals surface area contributed by atoms with E-state index in [9.17, 15) is 0 Å². The molecule has 0 aliphatic carbocycles. The van der Waals surface area contributed by atoms with Crippen LogP contribution in [0.15, 0.2) is 25.3 Å². The lowest BCUT2D eigenvalue weighted by molar-refractivity contribution is -0.124. The van der Waals surface area contributed by atoms with Gasteiger partial charge in [0.25, 0.3) is 0 Å². The van der Waals surface area contributed by atoms with Crippen LogP contribution in [-0.4, -0.2) is 27.1 Å². The molecular formula is C20H36O2Si. The van der Waals surface area contributed by atoms with Gasteiger partial charge in [0, 0.05) is 13.0 Å². The Hall–Kier alpha value is -0.823. The highest BCUT2D eigenvalue weighted by atomic mass is 28.3. The minimum Gasteiger partial charge on any atom is -0.349 e. The molecule has 2 atom stereocenters. The molecule has 0 rings (SSSR count). The van der Waals surface area contributed by atoms with Gasteiger partial charge in [-0.2, -0.15) is 0 Å². The van der Waals surface area contributed by atoms with Gasteiger partial charge >= 0.3 is 0 Å². The minimum absolute atomic E-state index is 0.190. The van der Waals surface area contributed by atoms with Crippen molar-refractivity contribution in [1.82, 2.24) is 0 Å². The SMILES string of the molecule is C=CC[C@H](C#C[Si](C(C)C)(C(C)C)C(C)C)OC(C=C)OCC. The Morgan fingerprint density at radius 1 is 1.00 bits per heavy atom. The van der Waals surface area contributed by atoms with E-state index in [1.165, 1.54) is 0 Å². The van der Waals surface area contributed by atoms with E-state index < -0.39 is 14.4 Å². The second-order valence-corrected chi connectivity index (χ2v) is 12.5. The lowest BCUT2D eigenvalue weighted by atomic mass is 10.2. The lowest BCUT2D eigenvalue weighted by Crippen LogP contribution is -2.43. The van der Waals surface area contributed by atoms with Gasteiger partial charge in [-0.25, -0.2) is 0 Å². The maximum Gasteiger partial charge on any atom is 0.178 e. The summed E-state index contributed by atoms with van der Waals surface area (Å²) in [5, 5.41) is 0. The Morgan fingerprint density at radius 3 is 1.87 bits per heavy atom. The van der Waals surface area contributed by atoms with E-state index >= 15 is 0 Å². The first-order valence-electron chi connectivity index (χ1n) is 8.79. The maximum atomic E-state index is 5.95. The van der Waals surface area contributed by atoms with Crippen molar-refractivity contribution in [2.45, 2.75) is 83.9 Å². The van der Waals surface area contributed by atoms with Gasteiger partial charge in [0.1, 0.15) is 14.2 Å². The topological polar surface area (TPSA) is 18.5 Å². The number of ether oxygens (including phenoxy) is 2. The number of rotatable bonds is 10. The lowest BCUT2D eigenvalue weighted by Gasteiger charge is -2.38. The van der Waals surface area contributed by atoms with Crippen LogP contribution in [0.2, 0.25) is 16.6 Å². The molecule has 0 bridgehead atoms. The molecule has 0 heterocycles. The molecule has 0 radical (unpaired) electrons. The third-order valence-corrected chi connectivity index (χ3v) is 10.8. The van der Waals surface area contributed by atoms with Crippen LogP contribution in [-0.2, 0) is 9.47 Å². The molecule has 0 amide bonds. The standard InChI is InChI=1S/C20H36O2Si/c1-10-13-19(22-20(11-2)21-12-3)14-15-23(16(4)5,17(6)7)18(8)9/h10-11,16-20H,1-2,12-13H2,3-9H3/t19-,20?/m1/s1. The summed E-state index contributed by atoms with van der Waals surface area (Å²) in [7, 11) is -1.74. The summed E-state index contributed by atoms with van der Waals surface area (Å²) in [5.74, 6) is 3.42. The van der Waals surface area contributed by atoms with Crippen LogP contribution in [0.4, 0.5) is 0 Å². The largest absolute Gasteiger partial charge is 0.349 e. The van der Waals surface area contributed by atoms with Crippen LogP contribution in [0, 0.1) is 11.5 Å². The Labute approximate surface area is 145 Å². The van der Waals surface area contributed by atoms with E-state index in [1.54, 1.807) is 6.08 Å². The van der Waals surface area contributed by atoms with Crippen LogP contribution < -0.4 is 0 Å². The van der Waals surface area contributed by atoms with Crippen LogP contribution in [0.3, 0.4) is 0 Å². The zero-order valence-corrected chi connectivity index (χ0v) is 17.2. The fourth-order valence-electron chi connectivity index (χ4n) is 3.43. The van der Waals surface area contributed by atoms with Crippen LogP contribution in [0.5, 0.6) is 0 Å². The summed E-state index contributed by atoms with van der Waals surface area (Å²) in [4.78, 5) is 0. The van der Waals surface area contributed by atoms with Gasteiger partial charge in [-0.3, -0.25) is 0 Å². The molecule has 23 heavy (non-hydrogen) atoms. The van der Waals surface area contributed by atoms with Crippen molar-refractivity contribution in [2.75, 3.05) is 6.61 Å². The summed E-state index contributed by atoms with van der Waals surface area (Å²) >= 11 is 0. The van der Waals surface area contributed by atoms with Gasteiger partial charge < -0.3 is 9.47 Å². The molecule has 0 aromatic heterocycles. The highest BCUT2D eigenvalue weighted by molar-refractivity contribution is 6.90. The van der Waals surface area contributed by atoms with Crippen LogP contribution in [0.1, 0.15) is 54.9 Å². The molecule has 2 nitrogen and oxygen atoms in total. The van der Waals surface area contributed by atoms with Crippen molar-refractivity contribution in [2.24, 2.45) is 0 Å². The molecule has 132 valence electrons. The molecule has 0 spiro atoms. The Kier molecular flexibility index (Phi) is 10.5. The predicted molar refractivity (Wildman–Crippen MR) is 104 cm³/mol. The number of hydrogen-bond donors (Lipinski definition) is 0. The highest BCUT2D eigenvalue weighted by Gasteiger charge is 2.41. The normalized spacial score (nSPS) is 14.5. The third kappa shape index (κ3) is 6.29. The fourth-order valence-corrected chi connectivity index (χ4v) is 8.70. The Morgan fingerprint density at radius 2 is 1.52 bits per heavy atom. The molecule has 0 aromatic carbocycles. The van der Waals surface area contributed by atoms with Crippen LogP contribution in [0.25, 0.3) is 0 Å². The van der Waals surface area contributed by atoms with Gasteiger partial charge in [-0.15, -0.1) is 12.1 Å². The molecule has 0 aromatic rings.